The third kappa shape index (κ3) is 4.96. The molecule has 0 aromatic heterocycles. The molecule has 0 aliphatic carbocycles. The van der Waals surface area contributed by atoms with Gasteiger partial charge in [-0.3, -0.25) is 4.79 Å². The number of nitrogens with one attached hydrogen (secondary N) is 1. The molecule has 0 fully saturated rings. The topological polar surface area (TPSA) is 38.3 Å². The van der Waals surface area contributed by atoms with Gasteiger partial charge in [0.25, 0.3) is 0 Å². The first-order chi connectivity index (χ1) is 11.1. The van der Waals surface area contributed by atoms with Crippen molar-refractivity contribution >= 4 is 23.4 Å². The fraction of sp³-hybridized carbons (Fsp3) is 0.235. The van der Waals surface area contributed by atoms with Crippen LogP contribution >= 0.6 is 11.8 Å². The van der Waals surface area contributed by atoms with Gasteiger partial charge in [0, 0.05) is 11.3 Å². The molecule has 0 heterocycles. The van der Waals surface area contributed by atoms with Crippen LogP contribution in [0.25, 0.3) is 0 Å². The molecule has 23 heavy (non-hydrogen) atoms. The lowest BCUT2D eigenvalue weighted by molar-refractivity contribution is -0.113. The quantitative estimate of drug-likeness (QED) is 0.821. The van der Waals surface area contributed by atoms with Gasteiger partial charge in [-0.1, -0.05) is 24.3 Å². The fourth-order valence-electron chi connectivity index (χ4n) is 1.97. The highest BCUT2D eigenvalue weighted by molar-refractivity contribution is 7.99. The maximum atomic E-state index is 13.5. The second-order valence-electron chi connectivity index (χ2n) is 4.68. The molecule has 0 saturated carbocycles. The molecule has 122 valence electrons. The number of carbonyl (C=O) groups excluding carboxylic acids is 1. The summed E-state index contributed by atoms with van der Waals surface area (Å²) in [5.41, 5.74) is 0.567. The van der Waals surface area contributed by atoms with Gasteiger partial charge in [0.1, 0.15) is 23.1 Å². The summed E-state index contributed by atoms with van der Waals surface area (Å²) in [4.78, 5) is 11.8. The lowest BCUT2D eigenvalue weighted by Gasteiger charge is -2.10. The highest BCUT2D eigenvalue weighted by Crippen LogP contribution is 2.24. The number of hydrogen-bond acceptors (Lipinski definition) is 3. The molecule has 0 aliphatic heterocycles. The average molecular weight is 337 g/mol. The normalized spacial score (nSPS) is 10.4. The first kappa shape index (κ1) is 17.3. The predicted octanol–water partition coefficient (Wildman–Crippen LogP) is 4.24. The van der Waals surface area contributed by atoms with Crippen LogP contribution < -0.4 is 10.1 Å². The Labute approximate surface area is 138 Å². The van der Waals surface area contributed by atoms with Gasteiger partial charge in [0.15, 0.2) is 0 Å². The summed E-state index contributed by atoms with van der Waals surface area (Å²) >= 11 is 1.35. The van der Waals surface area contributed by atoms with Gasteiger partial charge >= 0.3 is 0 Å². The first-order valence-electron chi connectivity index (χ1n) is 7.14. The lowest BCUT2D eigenvalue weighted by Crippen LogP contribution is -2.16. The van der Waals surface area contributed by atoms with Crippen molar-refractivity contribution in [3.8, 4) is 5.75 Å². The number of carbonyl (C=O) groups is 1. The van der Waals surface area contributed by atoms with E-state index in [4.69, 9.17) is 4.74 Å². The molecule has 0 atom stereocenters. The minimum atomic E-state index is -0.787. The molecule has 1 N–H and O–H groups in total. The molecule has 2 aromatic rings. The Morgan fingerprint density at radius 3 is 2.52 bits per heavy atom. The van der Waals surface area contributed by atoms with Crippen molar-refractivity contribution in [2.24, 2.45) is 0 Å². The van der Waals surface area contributed by atoms with Crippen LogP contribution in [0.5, 0.6) is 5.75 Å². The van der Waals surface area contributed by atoms with E-state index < -0.39 is 23.2 Å². The van der Waals surface area contributed by atoms with Crippen molar-refractivity contribution in [2.75, 3.05) is 17.7 Å². The lowest BCUT2D eigenvalue weighted by atomic mass is 10.2. The van der Waals surface area contributed by atoms with E-state index in [0.29, 0.717) is 12.4 Å². The van der Waals surface area contributed by atoms with E-state index in [1.807, 2.05) is 31.2 Å². The summed E-state index contributed by atoms with van der Waals surface area (Å²) in [6.07, 6.45) is 0. The number of rotatable bonds is 7. The third-order valence-electron chi connectivity index (χ3n) is 2.99. The van der Waals surface area contributed by atoms with E-state index in [1.54, 1.807) is 0 Å². The van der Waals surface area contributed by atoms with Crippen LogP contribution in [0.15, 0.2) is 42.5 Å². The molecule has 2 aromatic carbocycles. The number of ether oxygens (including phenoxy) is 1. The molecule has 0 spiro atoms. The first-order valence-corrected chi connectivity index (χ1v) is 8.29. The molecule has 2 rings (SSSR count). The summed E-state index contributed by atoms with van der Waals surface area (Å²) in [5, 5.41) is 2.26. The number of anilines is 1. The summed E-state index contributed by atoms with van der Waals surface area (Å²) < 4.78 is 32.4. The second kappa shape index (κ2) is 8.53. The van der Waals surface area contributed by atoms with Crippen molar-refractivity contribution in [1.82, 2.24) is 0 Å². The number of amides is 1. The molecule has 0 aliphatic rings. The van der Waals surface area contributed by atoms with Crippen molar-refractivity contribution in [2.45, 2.75) is 12.7 Å². The van der Waals surface area contributed by atoms with Crippen molar-refractivity contribution in [3.63, 3.8) is 0 Å². The SMILES string of the molecule is CCOc1ccccc1CSCC(=O)Nc1c(F)cccc1F. The van der Waals surface area contributed by atoms with E-state index in [0.717, 1.165) is 23.4 Å². The zero-order valence-corrected chi connectivity index (χ0v) is 13.5. The Kier molecular flexibility index (Phi) is 6.40. The van der Waals surface area contributed by atoms with Crippen LogP contribution in [0.1, 0.15) is 12.5 Å². The highest BCUT2D eigenvalue weighted by atomic mass is 32.2. The van der Waals surface area contributed by atoms with Crippen LogP contribution in [0.3, 0.4) is 0 Å². The maximum Gasteiger partial charge on any atom is 0.234 e. The van der Waals surface area contributed by atoms with Crippen molar-refractivity contribution in [3.05, 3.63) is 59.7 Å². The molecule has 0 radical (unpaired) electrons. The Balaban J connectivity index is 1.88. The molecule has 0 bridgehead atoms. The number of para-hydroxylation sites is 2. The van der Waals surface area contributed by atoms with E-state index in [9.17, 15) is 13.6 Å². The number of halogens is 2. The van der Waals surface area contributed by atoms with E-state index >= 15 is 0 Å². The Hall–Kier alpha value is -2.08. The zero-order valence-electron chi connectivity index (χ0n) is 12.6. The van der Waals surface area contributed by atoms with E-state index in [1.165, 1.54) is 17.8 Å². The summed E-state index contributed by atoms with van der Waals surface area (Å²) in [6, 6.07) is 11.0. The average Bonchev–Trinajstić information content (AvgIpc) is 2.53. The standard InChI is InChI=1S/C17H17F2NO2S/c1-2-22-15-9-4-3-6-12(15)10-23-11-16(21)20-17-13(18)7-5-8-14(17)19/h3-9H,2,10-11H2,1H3,(H,20,21). The van der Waals surface area contributed by atoms with E-state index in [-0.39, 0.29) is 5.75 Å². The third-order valence-corrected chi connectivity index (χ3v) is 3.97. The molecule has 0 unspecified atom stereocenters. The Morgan fingerprint density at radius 1 is 1.13 bits per heavy atom. The molecular formula is C17H17F2NO2S. The Bertz CT molecular complexity index is 659. The zero-order chi connectivity index (χ0) is 16.7. The predicted molar refractivity (Wildman–Crippen MR) is 88.8 cm³/mol. The van der Waals surface area contributed by atoms with Crippen molar-refractivity contribution < 1.29 is 18.3 Å². The van der Waals surface area contributed by atoms with Gasteiger partial charge < -0.3 is 10.1 Å². The van der Waals surface area contributed by atoms with Crippen molar-refractivity contribution in [1.29, 1.82) is 0 Å². The number of hydrogen-bond donors (Lipinski definition) is 1. The largest absolute Gasteiger partial charge is 0.494 e. The number of benzene rings is 2. The van der Waals surface area contributed by atoms with Gasteiger partial charge in [-0.25, -0.2) is 8.78 Å². The summed E-state index contributed by atoms with van der Waals surface area (Å²) in [5.74, 6) is -0.580. The van der Waals surface area contributed by atoms with Gasteiger partial charge in [-0.2, -0.15) is 0 Å². The van der Waals surface area contributed by atoms with Crippen LogP contribution in [0, 0.1) is 11.6 Å². The van der Waals surface area contributed by atoms with Gasteiger partial charge in [-0.05, 0) is 25.1 Å². The second-order valence-corrected chi connectivity index (χ2v) is 5.66. The van der Waals surface area contributed by atoms with Gasteiger partial charge in [0.2, 0.25) is 5.91 Å². The van der Waals surface area contributed by atoms with Crippen LogP contribution in [0.4, 0.5) is 14.5 Å². The van der Waals surface area contributed by atoms with Crippen LogP contribution in [-0.4, -0.2) is 18.3 Å². The molecule has 6 heteroatoms. The summed E-state index contributed by atoms with van der Waals surface area (Å²) in [6.45, 7) is 2.47. The maximum absolute atomic E-state index is 13.5. The van der Waals surface area contributed by atoms with Gasteiger partial charge in [0.05, 0.1) is 12.4 Å². The van der Waals surface area contributed by atoms with Crippen LogP contribution in [-0.2, 0) is 10.5 Å². The molecule has 1 amide bonds. The minimum absolute atomic E-state index is 0.0915. The summed E-state index contributed by atoms with van der Waals surface area (Å²) in [7, 11) is 0. The Morgan fingerprint density at radius 2 is 1.83 bits per heavy atom. The monoisotopic (exact) mass is 337 g/mol. The van der Waals surface area contributed by atoms with Crippen LogP contribution in [0.2, 0.25) is 0 Å². The minimum Gasteiger partial charge on any atom is -0.494 e. The van der Waals surface area contributed by atoms with E-state index in [2.05, 4.69) is 5.32 Å². The highest BCUT2D eigenvalue weighted by Gasteiger charge is 2.12. The fourth-order valence-corrected chi connectivity index (χ4v) is 2.78. The molecular weight excluding hydrogens is 320 g/mol. The molecule has 3 nitrogen and oxygen atoms in total. The smallest absolute Gasteiger partial charge is 0.234 e. The number of thioether (sulfide) groups is 1. The van der Waals surface area contributed by atoms with Gasteiger partial charge in [-0.15, -0.1) is 11.8 Å². The molecule has 0 saturated heterocycles.